The fourth-order valence-corrected chi connectivity index (χ4v) is 1.25. The molecule has 0 amide bonds. The highest BCUT2D eigenvalue weighted by Crippen LogP contribution is 2.13. The first-order valence-electron chi connectivity index (χ1n) is 5.85. The molecule has 0 spiro atoms. The lowest BCUT2D eigenvalue weighted by atomic mass is 10.2. The molecule has 1 aliphatic rings. The van der Waals surface area contributed by atoms with Crippen LogP contribution >= 0.6 is 0 Å². The second-order valence-electron chi connectivity index (χ2n) is 4.42. The van der Waals surface area contributed by atoms with Crippen molar-refractivity contribution in [1.29, 1.82) is 0 Å². The van der Waals surface area contributed by atoms with E-state index in [9.17, 15) is 9.90 Å². The number of hydrogen-bond donors (Lipinski definition) is 2. The first-order valence-corrected chi connectivity index (χ1v) is 5.85. The number of aliphatic hydroxyl groups is 1. The van der Waals surface area contributed by atoms with Crippen LogP contribution in [0, 0.1) is 0 Å². The third kappa shape index (κ3) is 4.16. The van der Waals surface area contributed by atoms with Gasteiger partial charge in [0.2, 0.25) is 0 Å². The molecule has 1 rings (SSSR count). The molecule has 0 aromatic carbocycles. The number of esters is 1. The van der Waals surface area contributed by atoms with Gasteiger partial charge in [-0.2, -0.15) is 0 Å². The number of hydrogen-bond acceptors (Lipinski definition) is 5. The second kappa shape index (κ2) is 6.14. The molecule has 0 aromatic heterocycles. The lowest BCUT2D eigenvalue weighted by Gasteiger charge is -2.15. The molecule has 1 aliphatic heterocycles. The monoisotopic (exact) mass is 253 g/mol. The van der Waals surface area contributed by atoms with Gasteiger partial charge in [0.05, 0.1) is 17.8 Å². The van der Waals surface area contributed by atoms with Crippen molar-refractivity contribution in [2.24, 2.45) is 0 Å². The molecule has 0 bridgehead atoms. The largest absolute Gasteiger partial charge is 0.479 e. The van der Waals surface area contributed by atoms with Crippen LogP contribution in [0.4, 0.5) is 0 Å². The first-order chi connectivity index (χ1) is 8.40. The predicted octanol–water partition coefficient (Wildman–Crippen LogP) is 2.13. The molecule has 2 N–H and O–H groups in total. The summed E-state index contributed by atoms with van der Waals surface area (Å²) in [6.45, 7) is 7.19. The van der Waals surface area contributed by atoms with E-state index in [0.29, 0.717) is 11.3 Å². The molecule has 18 heavy (non-hydrogen) atoms. The third-order valence-corrected chi connectivity index (χ3v) is 1.97. The molecule has 0 fully saturated rings. The van der Waals surface area contributed by atoms with E-state index < -0.39 is 5.97 Å². The van der Waals surface area contributed by atoms with Crippen LogP contribution in [0.15, 0.2) is 35.6 Å². The highest BCUT2D eigenvalue weighted by atomic mass is 16.6. The fraction of sp³-hybridized carbons (Fsp3) is 0.462. The summed E-state index contributed by atoms with van der Waals surface area (Å²) in [5, 5.41) is 12.4. The molecule has 0 saturated heterocycles. The summed E-state index contributed by atoms with van der Waals surface area (Å²) in [5.41, 5.74) is 0.801. The summed E-state index contributed by atoms with van der Waals surface area (Å²) in [5.74, 6) is -0.606. The number of ether oxygens (including phenoxy) is 2. The smallest absolute Gasteiger partial charge is 0.339 e. The van der Waals surface area contributed by atoms with Gasteiger partial charge in [0.15, 0.2) is 0 Å². The quantitative estimate of drug-likeness (QED) is 0.593. The molecule has 0 radical (unpaired) electrons. The normalized spacial score (nSPS) is 17.3. The minimum absolute atomic E-state index is 0.121. The van der Waals surface area contributed by atoms with Crippen molar-refractivity contribution in [2.45, 2.75) is 39.9 Å². The summed E-state index contributed by atoms with van der Waals surface area (Å²) < 4.78 is 10.2. The number of dihydropyridines is 1. The minimum Gasteiger partial charge on any atom is -0.479 e. The van der Waals surface area contributed by atoms with Crippen molar-refractivity contribution in [1.82, 2.24) is 5.32 Å². The Morgan fingerprint density at radius 1 is 1.17 bits per heavy atom. The van der Waals surface area contributed by atoms with E-state index in [1.807, 2.05) is 13.8 Å². The lowest BCUT2D eigenvalue weighted by Crippen LogP contribution is -2.19. The van der Waals surface area contributed by atoms with E-state index >= 15 is 0 Å². The molecule has 100 valence electrons. The Labute approximate surface area is 107 Å². The van der Waals surface area contributed by atoms with Gasteiger partial charge in [0.1, 0.15) is 5.70 Å². The number of allylic oxidation sites excluding steroid dienone is 1. The Hall–Kier alpha value is -1.91. The van der Waals surface area contributed by atoms with E-state index in [0.717, 1.165) is 0 Å². The van der Waals surface area contributed by atoms with Crippen LogP contribution in [-0.2, 0) is 14.3 Å². The Morgan fingerprint density at radius 2 is 1.78 bits per heavy atom. The topological polar surface area (TPSA) is 67.8 Å². The zero-order valence-corrected chi connectivity index (χ0v) is 11.1. The van der Waals surface area contributed by atoms with Gasteiger partial charge in [0.25, 0.3) is 0 Å². The van der Waals surface area contributed by atoms with E-state index in [2.05, 4.69) is 5.32 Å². The van der Waals surface area contributed by atoms with Gasteiger partial charge in [0, 0.05) is 6.20 Å². The van der Waals surface area contributed by atoms with Crippen LogP contribution in [0.1, 0.15) is 27.7 Å². The molecule has 0 saturated carbocycles. The summed E-state index contributed by atoms with van der Waals surface area (Å²) in [4.78, 5) is 11.6. The zero-order chi connectivity index (χ0) is 13.7. The Bertz CT molecular complexity index is 405. The van der Waals surface area contributed by atoms with Crippen molar-refractivity contribution < 1.29 is 19.4 Å². The number of carbonyl (C=O) groups is 1. The van der Waals surface area contributed by atoms with E-state index in [1.165, 1.54) is 6.20 Å². The molecule has 5 nitrogen and oxygen atoms in total. The van der Waals surface area contributed by atoms with Gasteiger partial charge in [-0.15, -0.1) is 0 Å². The Balaban J connectivity index is 2.67. The molecular formula is C13H19NO4. The lowest BCUT2D eigenvalue weighted by molar-refractivity contribution is -0.142. The van der Waals surface area contributed by atoms with E-state index in [1.54, 1.807) is 26.0 Å². The average Bonchev–Trinajstić information content (AvgIpc) is 2.27. The van der Waals surface area contributed by atoms with Gasteiger partial charge in [-0.25, -0.2) is 4.79 Å². The van der Waals surface area contributed by atoms with Gasteiger partial charge in [-0.05, 0) is 39.8 Å². The highest BCUT2D eigenvalue weighted by molar-refractivity contribution is 5.92. The van der Waals surface area contributed by atoms with Gasteiger partial charge < -0.3 is 19.9 Å². The van der Waals surface area contributed by atoms with Gasteiger partial charge in [-0.3, -0.25) is 0 Å². The Morgan fingerprint density at radius 3 is 2.22 bits per heavy atom. The molecular weight excluding hydrogens is 234 g/mol. The molecule has 0 aliphatic carbocycles. The molecule has 0 unspecified atom stereocenters. The molecule has 0 atom stereocenters. The maximum atomic E-state index is 11.6. The maximum absolute atomic E-state index is 11.6. The molecule has 0 aromatic rings. The van der Waals surface area contributed by atoms with Crippen LogP contribution in [0.5, 0.6) is 0 Å². The Kier molecular flexibility index (Phi) is 4.83. The second-order valence-corrected chi connectivity index (χ2v) is 4.42. The fourth-order valence-electron chi connectivity index (χ4n) is 1.25. The van der Waals surface area contributed by atoms with Crippen LogP contribution in [-0.4, -0.2) is 23.3 Å². The summed E-state index contributed by atoms with van der Waals surface area (Å²) in [7, 11) is 0. The summed E-state index contributed by atoms with van der Waals surface area (Å²) >= 11 is 0. The SMILES string of the molecule is CC(C)OC(=O)C1=CN/C(=C(\O)OC(C)C)C=C1. The van der Waals surface area contributed by atoms with Crippen LogP contribution in [0.3, 0.4) is 0 Å². The van der Waals surface area contributed by atoms with Crippen molar-refractivity contribution in [2.75, 3.05) is 0 Å². The first kappa shape index (κ1) is 14.2. The summed E-state index contributed by atoms with van der Waals surface area (Å²) in [6, 6.07) is 0. The van der Waals surface area contributed by atoms with Gasteiger partial charge in [-0.1, -0.05) is 0 Å². The van der Waals surface area contributed by atoms with Crippen molar-refractivity contribution >= 4 is 5.97 Å². The molecule has 5 heteroatoms. The average molecular weight is 253 g/mol. The predicted molar refractivity (Wildman–Crippen MR) is 67.5 cm³/mol. The van der Waals surface area contributed by atoms with Crippen LogP contribution in [0.2, 0.25) is 0 Å². The molecule has 1 heterocycles. The van der Waals surface area contributed by atoms with Crippen molar-refractivity contribution in [3.63, 3.8) is 0 Å². The van der Waals surface area contributed by atoms with Crippen molar-refractivity contribution in [3.05, 3.63) is 35.6 Å². The van der Waals surface area contributed by atoms with Crippen molar-refractivity contribution in [3.8, 4) is 0 Å². The number of aliphatic hydroxyl groups excluding tert-OH is 1. The minimum atomic E-state index is -0.405. The zero-order valence-electron chi connectivity index (χ0n) is 11.1. The number of nitrogens with one attached hydrogen (secondary N) is 1. The van der Waals surface area contributed by atoms with E-state index in [-0.39, 0.29) is 18.2 Å². The maximum Gasteiger partial charge on any atom is 0.339 e. The standard InChI is InChI=1S/C13H19NO4/c1-8(2)17-12(15)10-5-6-11(14-7-10)13(16)18-9(3)4/h5-9,14,16H,1-4H3/b13-11+. The van der Waals surface area contributed by atoms with Crippen LogP contribution in [0.25, 0.3) is 0 Å². The van der Waals surface area contributed by atoms with E-state index in [4.69, 9.17) is 9.47 Å². The van der Waals surface area contributed by atoms with Crippen LogP contribution < -0.4 is 5.32 Å². The number of carbonyl (C=O) groups excluding carboxylic acids is 1. The highest BCUT2D eigenvalue weighted by Gasteiger charge is 2.15. The summed E-state index contributed by atoms with van der Waals surface area (Å²) in [6.07, 6.45) is 4.32. The van der Waals surface area contributed by atoms with Gasteiger partial charge >= 0.3 is 11.9 Å². The number of rotatable bonds is 4. The third-order valence-electron chi connectivity index (χ3n) is 1.97.